The second-order valence-corrected chi connectivity index (χ2v) is 6.40. The minimum absolute atomic E-state index is 0.0596. The largest absolute Gasteiger partial charge is 0.478 e. The molecule has 1 aromatic heterocycles. The van der Waals surface area contributed by atoms with Crippen molar-refractivity contribution >= 4 is 39.5 Å². The van der Waals surface area contributed by atoms with Crippen molar-refractivity contribution < 1.29 is 9.90 Å². The van der Waals surface area contributed by atoms with E-state index in [4.69, 9.17) is 5.11 Å². The molecule has 0 amide bonds. The highest BCUT2D eigenvalue weighted by molar-refractivity contribution is 14.1. The van der Waals surface area contributed by atoms with Crippen LogP contribution in [-0.4, -0.2) is 20.6 Å². The van der Waals surface area contributed by atoms with Gasteiger partial charge >= 0.3 is 5.97 Å². The van der Waals surface area contributed by atoms with Gasteiger partial charge in [0.1, 0.15) is 0 Å². The van der Waals surface area contributed by atoms with Crippen LogP contribution in [0.15, 0.2) is 53.6 Å². The highest BCUT2D eigenvalue weighted by Gasteiger charge is 2.06. The molecule has 0 aliphatic heterocycles. The van der Waals surface area contributed by atoms with Crippen LogP contribution in [0.2, 0.25) is 0 Å². The molecule has 0 radical (unpaired) electrons. The number of rotatable bonds is 4. The van der Waals surface area contributed by atoms with Gasteiger partial charge in [0, 0.05) is 10.1 Å². The first-order valence-corrected chi connectivity index (χ1v) is 8.09. The van der Waals surface area contributed by atoms with E-state index >= 15 is 0 Å². The van der Waals surface area contributed by atoms with E-state index in [0.717, 1.165) is 9.13 Å². The molecule has 0 unspecified atom stereocenters. The number of aromatic nitrogens is 2. The average molecular weight is 420 g/mol. The minimum atomic E-state index is -0.943. The first-order valence-electron chi connectivity index (χ1n) is 7.01. The fraction of sp³-hybridized carbons (Fsp3) is 0.118. The molecule has 0 saturated heterocycles. The van der Waals surface area contributed by atoms with Crippen molar-refractivity contribution in [2.24, 2.45) is 0 Å². The summed E-state index contributed by atoms with van der Waals surface area (Å²) < 4.78 is 2.58. The van der Waals surface area contributed by atoms with Gasteiger partial charge in [-0.1, -0.05) is 12.1 Å². The molecule has 2 aromatic carbocycles. The van der Waals surface area contributed by atoms with E-state index in [9.17, 15) is 9.59 Å². The number of benzene rings is 2. The minimum Gasteiger partial charge on any atom is -0.478 e. The normalized spacial score (nSPS) is 10.8. The molecular formula is C17H13IN2O3. The maximum absolute atomic E-state index is 12.5. The van der Waals surface area contributed by atoms with Crippen molar-refractivity contribution in [2.75, 3.05) is 0 Å². The Labute approximate surface area is 145 Å². The number of fused-ring (bicyclic) bond motifs is 1. The number of hydrogen-bond donors (Lipinski definition) is 1. The van der Waals surface area contributed by atoms with Crippen molar-refractivity contribution in [1.29, 1.82) is 0 Å². The van der Waals surface area contributed by atoms with Crippen LogP contribution in [0.3, 0.4) is 0 Å². The molecule has 3 aromatic rings. The molecule has 6 heteroatoms. The van der Waals surface area contributed by atoms with Crippen LogP contribution in [0.25, 0.3) is 10.9 Å². The highest BCUT2D eigenvalue weighted by atomic mass is 127. The third-order valence-electron chi connectivity index (χ3n) is 3.63. The Hall–Kier alpha value is -2.22. The Balaban J connectivity index is 1.83. The third-order valence-corrected chi connectivity index (χ3v) is 4.30. The van der Waals surface area contributed by atoms with E-state index in [1.807, 2.05) is 18.2 Å². The second kappa shape index (κ2) is 6.49. The summed E-state index contributed by atoms with van der Waals surface area (Å²) in [5.74, 6) is -0.943. The van der Waals surface area contributed by atoms with Crippen LogP contribution in [0.1, 0.15) is 15.9 Å². The van der Waals surface area contributed by atoms with Crippen molar-refractivity contribution in [3.63, 3.8) is 0 Å². The van der Waals surface area contributed by atoms with Gasteiger partial charge in [0.15, 0.2) is 0 Å². The molecule has 3 rings (SSSR count). The summed E-state index contributed by atoms with van der Waals surface area (Å²) in [6.45, 7) is 0.500. The van der Waals surface area contributed by atoms with Gasteiger partial charge in [-0.3, -0.25) is 9.36 Å². The lowest BCUT2D eigenvalue weighted by molar-refractivity contribution is 0.0697. The van der Waals surface area contributed by atoms with Gasteiger partial charge in [-0.15, -0.1) is 0 Å². The summed E-state index contributed by atoms with van der Waals surface area (Å²) in [5.41, 5.74) is 1.87. The second-order valence-electron chi connectivity index (χ2n) is 5.16. The van der Waals surface area contributed by atoms with Crippen LogP contribution in [0.5, 0.6) is 0 Å². The summed E-state index contributed by atoms with van der Waals surface area (Å²) in [7, 11) is 0. The molecular weight excluding hydrogens is 407 g/mol. The maximum atomic E-state index is 12.5. The van der Waals surface area contributed by atoms with Crippen molar-refractivity contribution in [2.45, 2.75) is 13.0 Å². The highest BCUT2D eigenvalue weighted by Crippen LogP contribution is 2.12. The van der Waals surface area contributed by atoms with E-state index in [0.29, 0.717) is 23.9 Å². The van der Waals surface area contributed by atoms with E-state index < -0.39 is 5.97 Å². The predicted molar refractivity (Wildman–Crippen MR) is 95.8 cm³/mol. The smallest absolute Gasteiger partial charge is 0.335 e. The lowest BCUT2D eigenvalue weighted by Gasteiger charge is -2.07. The molecule has 0 spiro atoms. The van der Waals surface area contributed by atoms with E-state index in [1.165, 1.54) is 0 Å². The number of aryl methyl sites for hydroxylation is 2. The summed E-state index contributed by atoms with van der Waals surface area (Å²) >= 11 is 2.17. The fourth-order valence-corrected chi connectivity index (χ4v) is 2.85. The van der Waals surface area contributed by atoms with Gasteiger partial charge in [0.25, 0.3) is 5.56 Å². The first kappa shape index (κ1) is 15.7. The Morgan fingerprint density at radius 1 is 1.17 bits per heavy atom. The lowest BCUT2D eigenvalue weighted by atomic mass is 10.1. The topological polar surface area (TPSA) is 72.2 Å². The predicted octanol–water partition coefficient (Wildman–Crippen LogP) is 2.94. The molecule has 5 nitrogen and oxygen atoms in total. The van der Waals surface area contributed by atoms with Crippen LogP contribution >= 0.6 is 22.6 Å². The zero-order chi connectivity index (χ0) is 16.4. The van der Waals surface area contributed by atoms with Gasteiger partial charge in [0.2, 0.25) is 0 Å². The molecule has 0 atom stereocenters. The third kappa shape index (κ3) is 3.42. The Kier molecular flexibility index (Phi) is 4.42. The number of carboxylic acid groups (broad SMARTS) is 1. The van der Waals surface area contributed by atoms with Crippen LogP contribution < -0.4 is 5.56 Å². The van der Waals surface area contributed by atoms with Crippen LogP contribution in [0.4, 0.5) is 0 Å². The van der Waals surface area contributed by atoms with E-state index in [2.05, 4.69) is 27.6 Å². The number of hydrogen-bond acceptors (Lipinski definition) is 3. The zero-order valence-electron chi connectivity index (χ0n) is 12.1. The van der Waals surface area contributed by atoms with Crippen molar-refractivity contribution in [1.82, 2.24) is 9.55 Å². The molecule has 0 bridgehead atoms. The number of aromatic carboxylic acids is 1. The zero-order valence-corrected chi connectivity index (χ0v) is 14.2. The SMILES string of the molecule is O=C(O)c1ccc(CCn2cnc3ccc(I)cc3c2=O)cc1. The number of halogens is 1. The first-order chi connectivity index (χ1) is 11.0. The van der Waals surface area contributed by atoms with Crippen LogP contribution in [0, 0.1) is 3.57 Å². The molecule has 1 N–H and O–H groups in total. The molecule has 0 saturated carbocycles. The van der Waals surface area contributed by atoms with E-state index in [-0.39, 0.29) is 11.1 Å². The molecule has 116 valence electrons. The lowest BCUT2D eigenvalue weighted by Crippen LogP contribution is -2.21. The Morgan fingerprint density at radius 3 is 2.61 bits per heavy atom. The fourth-order valence-electron chi connectivity index (χ4n) is 2.35. The maximum Gasteiger partial charge on any atom is 0.335 e. The molecule has 0 fully saturated rings. The van der Waals surface area contributed by atoms with Gasteiger partial charge in [-0.2, -0.15) is 0 Å². The van der Waals surface area contributed by atoms with Crippen molar-refractivity contribution in [3.05, 3.63) is 73.8 Å². The average Bonchev–Trinajstić information content (AvgIpc) is 2.55. The van der Waals surface area contributed by atoms with Gasteiger partial charge in [-0.05, 0) is 64.9 Å². The molecule has 23 heavy (non-hydrogen) atoms. The number of nitrogens with zero attached hydrogens (tertiary/aromatic N) is 2. The van der Waals surface area contributed by atoms with Gasteiger partial charge in [-0.25, -0.2) is 9.78 Å². The Morgan fingerprint density at radius 2 is 1.91 bits per heavy atom. The van der Waals surface area contributed by atoms with Gasteiger partial charge < -0.3 is 5.11 Å². The number of carboxylic acids is 1. The summed E-state index contributed by atoms with van der Waals surface area (Å²) in [6.07, 6.45) is 2.19. The molecule has 0 aliphatic carbocycles. The van der Waals surface area contributed by atoms with E-state index in [1.54, 1.807) is 35.2 Å². The molecule has 1 heterocycles. The summed E-state index contributed by atoms with van der Waals surface area (Å²) in [5, 5.41) is 9.50. The number of carbonyl (C=O) groups is 1. The van der Waals surface area contributed by atoms with Crippen LogP contribution in [-0.2, 0) is 13.0 Å². The Bertz CT molecular complexity index is 933. The summed E-state index contributed by atoms with van der Waals surface area (Å²) in [6, 6.07) is 12.3. The van der Waals surface area contributed by atoms with Crippen molar-refractivity contribution in [3.8, 4) is 0 Å². The molecule has 0 aliphatic rings. The monoisotopic (exact) mass is 420 g/mol. The standard InChI is InChI=1S/C17H13IN2O3/c18-13-5-6-15-14(9-13)16(21)20(10-19-15)8-7-11-1-3-12(4-2-11)17(22)23/h1-6,9-10H,7-8H2,(H,22,23). The van der Waals surface area contributed by atoms with Gasteiger partial charge in [0.05, 0.1) is 22.8 Å². The quantitative estimate of drug-likeness (QED) is 0.659. The summed E-state index contributed by atoms with van der Waals surface area (Å²) in [4.78, 5) is 27.6.